The van der Waals surface area contributed by atoms with Crippen molar-refractivity contribution < 1.29 is 22.7 Å². The van der Waals surface area contributed by atoms with Crippen LogP contribution in [-0.2, 0) is 9.84 Å². The molecule has 94 valence electrons. The standard InChI is InChI=1S/C11H14O5S/c1-15-10-5-4-8(6-11(10)16-2)9(12)7-17(3,13)14/h4-6H,7H2,1-3H3. The van der Waals surface area contributed by atoms with Crippen LogP contribution in [0.15, 0.2) is 18.2 Å². The van der Waals surface area contributed by atoms with E-state index in [0.29, 0.717) is 11.5 Å². The van der Waals surface area contributed by atoms with E-state index in [4.69, 9.17) is 9.47 Å². The van der Waals surface area contributed by atoms with E-state index < -0.39 is 21.4 Å². The van der Waals surface area contributed by atoms with E-state index in [1.54, 1.807) is 6.07 Å². The summed E-state index contributed by atoms with van der Waals surface area (Å²) in [6, 6.07) is 4.54. The fraction of sp³-hybridized carbons (Fsp3) is 0.364. The zero-order chi connectivity index (χ0) is 13.1. The number of ether oxygens (including phenoxy) is 2. The molecule has 0 aliphatic carbocycles. The zero-order valence-corrected chi connectivity index (χ0v) is 10.7. The van der Waals surface area contributed by atoms with Crippen LogP contribution in [0.25, 0.3) is 0 Å². The summed E-state index contributed by atoms with van der Waals surface area (Å²) < 4.78 is 32.1. The molecule has 0 aliphatic heterocycles. The molecule has 0 spiro atoms. The largest absolute Gasteiger partial charge is 0.493 e. The van der Waals surface area contributed by atoms with Crippen LogP contribution in [0.5, 0.6) is 11.5 Å². The van der Waals surface area contributed by atoms with Gasteiger partial charge < -0.3 is 9.47 Å². The van der Waals surface area contributed by atoms with Crippen LogP contribution in [0.2, 0.25) is 0 Å². The molecule has 0 fully saturated rings. The van der Waals surface area contributed by atoms with Crippen LogP contribution >= 0.6 is 0 Å². The van der Waals surface area contributed by atoms with Crippen LogP contribution in [0.1, 0.15) is 10.4 Å². The molecule has 0 heterocycles. The Labute approximate surface area is 100 Å². The van der Waals surface area contributed by atoms with Crippen molar-refractivity contribution in [3.05, 3.63) is 23.8 Å². The molecule has 0 bridgehead atoms. The van der Waals surface area contributed by atoms with Gasteiger partial charge in [-0.3, -0.25) is 4.79 Å². The normalized spacial score (nSPS) is 11.0. The lowest BCUT2D eigenvalue weighted by molar-refractivity contribution is 0.102. The van der Waals surface area contributed by atoms with Crippen molar-refractivity contribution in [1.82, 2.24) is 0 Å². The Morgan fingerprint density at radius 3 is 2.24 bits per heavy atom. The third-order valence-electron chi connectivity index (χ3n) is 2.10. The van der Waals surface area contributed by atoms with Gasteiger partial charge in [0, 0.05) is 11.8 Å². The monoisotopic (exact) mass is 258 g/mol. The second-order valence-electron chi connectivity index (χ2n) is 3.56. The second kappa shape index (κ2) is 5.18. The molecule has 1 rings (SSSR count). The minimum absolute atomic E-state index is 0.285. The van der Waals surface area contributed by atoms with E-state index in [2.05, 4.69) is 0 Å². The van der Waals surface area contributed by atoms with E-state index in [1.807, 2.05) is 0 Å². The topological polar surface area (TPSA) is 69.7 Å². The molecule has 0 atom stereocenters. The Morgan fingerprint density at radius 2 is 1.76 bits per heavy atom. The van der Waals surface area contributed by atoms with Gasteiger partial charge in [-0.25, -0.2) is 8.42 Å². The molecule has 0 unspecified atom stereocenters. The van der Waals surface area contributed by atoms with E-state index in [1.165, 1.54) is 26.4 Å². The average molecular weight is 258 g/mol. The molecule has 0 saturated heterocycles. The molecular weight excluding hydrogens is 244 g/mol. The summed E-state index contributed by atoms with van der Waals surface area (Å²) in [5, 5.41) is 0. The van der Waals surface area contributed by atoms with Gasteiger partial charge in [0.1, 0.15) is 5.75 Å². The maximum atomic E-state index is 11.7. The van der Waals surface area contributed by atoms with E-state index in [9.17, 15) is 13.2 Å². The van der Waals surface area contributed by atoms with E-state index in [-0.39, 0.29) is 5.56 Å². The Morgan fingerprint density at radius 1 is 1.18 bits per heavy atom. The maximum absolute atomic E-state index is 11.7. The molecule has 1 aromatic rings. The predicted molar refractivity (Wildman–Crippen MR) is 63.6 cm³/mol. The van der Waals surface area contributed by atoms with Gasteiger partial charge >= 0.3 is 0 Å². The van der Waals surface area contributed by atoms with Crippen LogP contribution in [-0.4, -0.2) is 40.4 Å². The van der Waals surface area contributed by atoms with Crippen molar-refractivity contribution in [2.45, 2.75) is 0 Å². The third kappa shape index (κ3) is 3.74. The maximum Gasteiger partial charge on any atom is 0.177 e. The molecule has 0 amide bonds. The van der Waals surface area contributed by atoms with E-state index >= 15 is 0 Å². The molecular formula is C11H14O5S. The highest BCUT2D eigenvalue weighted by Crippen LogP contribution is 2.27. The molecule has 0 aromatic heterocycles. The van der Waals surface area contributed by atoms with Crippen LogP contribution in [0, 0.1) is 0 Å². The average Bonchev–Trinajstić information content (AvgIpc) is 2.25. The number of sulfone groups is 1. The van der Waals surface area contributed by atoms with Gasteiger partial charge in [-0.1, -0.05) is 0 Å². The Kier molecular flexibility index (Phi) is 4.11. The number of carbonyl (C=O) groups is 1. The fourth-order valence-corrected chi connectivity index (χ4v) is 1.97. The van der Waals surface area contributed by atoms with Crippen molar-refractivity contribution in [3.63, 3.8) is 0 Å². The molecule has 0 radical (unpaired) electrons. The molecule has 0 N–H and O–H groups in total. The van der Waals surface area contributed by atoms with Crippen molar-refractivity contribution in [2.75, 3.05) is 26.2 Å². The molecule has 0 aliphatic rings. The SMILES string of the molecule is COc1ccc(C(=O)CS(C)(=O)=O)cc1OC. The first kappa shape index (κ1) is 13.5. The van der Waals surface area contributed by atoms with E-state index in [0.717, 1.165) is 6.26 Å². The highest BCUT2D eigenvalue weighted by atomic mass is 32.2. The van der Waals surface area contributed by atoms with Gasteiger partial charge in [-0.05, 0) is 18.2 Å². The van der Waals surface area contributed by atoms with Crippen molar-refractivity contribution >= 4 is 15.6 Å². The van der Waals surface area contributed by atoms with Gasteiger partial charge in [0.25, 0.3) is 0 Å². The number of hydrogen-bond donors (Lipinski definition) is 0. The number of benzene rings is 1. The van der Waals surface area contributed by atoms with Gasteiger partial charge in [-0.2, -0.15) is 0 Å². The fourth-order valence-electron chi connectivity index (χ4n) is 1.33. The molecule has 17 heavy (non-hydrogen) atoms. The molecule has 6 heteroatoms. The number of ketones is 1. The summed E-state index contributed by atoms with van der Waals surface area (Å²) in [7, 11) is -0.399. The third-order valence-corrected chi connectivity index (χ3v) is 2.89. The second-order valence-corrected chi connectivity index (χ2v) is 5.70. The molecule has 5 nitrogen and oxygen atoms in total. The van der Waals surface area contributed by atoms with Gasteiger partial charge in [0.15, 0.2) is 27.1 Å². The van der Waals surface area contributed by atoms with Crippen LogP contribution in [0.4, 0.5) is 0 Å². The highest BCUT2D eigenvalue weighted by molar-refractivity contribution is 7.91. The Balaban J connectivity index is 3.04. The number of Topliss-reactive ketones (excluding diaryl/α,β-unsaturated/α-hetero) is 1. The number of methoxy groups -OCH3 is 2. The minimum Gasteiger partial charge on any atom is -0.493 e. The Bertz CT molecular complexity index is 519. The quantitative estimate of drug-likeness (QED) is 0.735. The Hall–Kier alpha value is -1.56. The van der Waals surface area contributed by atoms with Crippen LogP contribution in [0.3, 0.4) is 0 Å². The first-order valence-corrected chi connectivity index (χ1v) is 6.86. The summed E-state index contributed by atoms with van der Waals surface area (Å²) in [5.74, 6) is -0.0913. The number of hydrogen-bond acceptors (Lipinski definition) is 5. The molecule has 0 saturated carbocycles. The summed E-state index contributed by atoms with van der Waals surface area (Å²) in [5.41, 5.74) is 0.285. The van der Waals surface area contributed by atoms with Crippen LogP contribution < -0.4 is 9.47 Å². The predicted octanol–water partition coefficient (Wildman–Crippen LogP) is 0.931. The highest BCUT2D eigenvalue weighted by Gasteiger charge is 2.15. The number of rotatable bonds is 5. The lowest BCUT2D eigenvalue weighted by atomic mass is 10.1. The van der Waals surface area contributed by atoms with Gasteiger partial charge in [0.05, 0.1) is 14.2 Å². The van der Waals surface area contributed by atoms with Crippen molar-refractivity contribution in [3.8, 4) is 11.5 Å². The summed E-state index contributed by atoms with van der Waals surface area (Å²) in [6.45, 7) is 0. The lowest BCUT2D eigenvalue weighted by Gasteiger charge is -2.08. The smallest absolute Gasteiger partial charge is 0.177 e. The summed E-state index contributed by atoms with van der Waals surface area (Å²) in [4.78, 5) is 11.7. The summed E-state index contributed by atoms with van der Waals surface area (Å²) >= 11 is 0. The number of carbonyl (C=O) groups excluding carboxylic acids is 1. The first-order chi connectivity index (χ1) is 7.87. The van der Waals surface area contributed by atoms with Gasteiger partial charge in [0.2, 0.25) is 0 Å². The minimum atomic E-state index is -3.33. The molecule has 1 aromatic carbocycles. The van der Waals surface area contributed by atoms with Crippen molar-refractivity contribution in [1.29, 1.82) is 0 Å². The van der Waals surface area contributed by atoms with Gasteiger partial charge in [-0.15, -0.1) is 0 Å². The zero-order valence-electron chi connectivity index (χ0n) is 9.89. The summed E-state index contributed by atoms with van der Waals surface area (Å²) in [6.07, 6.45) is 1.02. The van der Waals surface area contributed by atoms with Crippen molar-refractivity contribution in [2.24, 2.45) is 0 Å². The first-order valence-electron chi connectivity index (χ1n) is 4.80. The lowest BCUT2D eigenvalue weighted by Crippen LogP contribution is -2.14.